The third-order valence-electron chi connectivity index (χ3n) is 2.35. The van der Waals surface area contributed by atoms with E-state index in [-0.39, 0.29) is 5.91 Å². The van der Waals surface area contributed by atoms with Crippen molar-refractivity contribution in [1.82, 2.24) is 0 Å². The molecule has 14 heavy (non-hydrogen) atoms. The summed E-state index contributed by atoms with van der Waals surface area (Å²) in [5.74, 6) is -0.0984. The highest BCUT2D eigenvalue weighted by molar-refractivity contribution is 6.07. The molecule has 0 aromatic heterocycles. The smallest absolute Gasteiger partial charge is 0.257 e. The first-order valence-corrected chi connectivity index (χ1v) is 4.53. The van der Waals surface area contributed by atoms with Crippen LogP contribution in [0.25, 0.3) is 0 Å². The van der Waals surface area contributed by atoms with Crippen LogP contribution in [0.2, 0.25) is 0 Å². The summed E-state index contributed by atoms with van der Waals surface area (Å²) in [4.78, 5) is 13.3. The zero-order valence-corrected chi connectivity index (χ0v) is 7.68. The molecule has 1 amide bonds. The first-order chi connectivity index (χ1) is 6.83. The first-order valence-electron chi connectivity index (χ1n) is 4.53. The highest BCUT2D eigenvalue weighted by Gasteiger charge is 2.26. The number of aliphatic hydroxyl groups is 1. The minimum absolute atomic E-state index is 0.0984. The maximum absolute atomic E-state index is 11.6. The van der Waals surface area contributed by atoms with Crippen molar-refractivity contribution in [2.24, 2.45) is 0 Å². The molecule has 3 heteroatoms. The molecular weight excluding hydrogens is 178 g/mol. The highest BCUT2D eigenvalue weighted by atomic mass is 16.2. The summed E-state index contributed by atoms with van der Waals surface area (Å²) in [6.07, 6.45) is 1.52. The molecule has 0 aliphatic carbocycles. The maximum Gasteiger partial charge on any atom is 0.257 e. The number of carbonyl (C=O) groups excluding carboxylic acids is 1. The molecule has 0 bridgehead atoms. The summed E-state index contributed by atoms with van der Waals surface area (Å²) >= 11 is 0. The van der Waals surface area contributed by atoms with Crippen LogP contribution in [-0.2, 0) is 4.79 Å². The van der Waals surface area contributed by atoms with E-state index in [9.17, 15) is 4.79 Å². The third-order valence-corrected chi connectivity index (χ3v) is 2.35. The Morgan fingerprint density at radius 3 is 2.57 bits per heavy atom. The van der Waals surface area contributed by atoms with Gasteiger partial charge in [0.15, 0.2) is 0 Å². The second kappa shape index (κ2) is 3.54. The van der Waals surface area contributed by atoms with Crippen LogP contribution in [0.15, 0.2) is 42.2 Å². The van der Waals surface area contributed by atoms with Crippen LogP contribution in [0.3, 0.4) is 0 Å². The van der Waals surface area contributed by atoms with E-state index >= 15 is 0 Å². The fraction of sp³-hybridized carbons (Fsp3) is 0.182. The van der Waals surface area contributed by atoms with Crippen LogP contribution >= 0.6 is 0 Å². The molecule has 1 aliphatic rings. The highest BCUT2D eigenvalue weighted by Crippen LogP contribution is 2.23. The normalized spacial score (nSPS) is 19.3. The van der Waals surface area contributed by atoms with E-state index in [2.05, 4.69) is 0 Å². The Hall–Kier alpha value is -1.77. The SMILES string of the molecule is O=C1/C(=C\O)CCN1c1ccccc1. The van der Waals surface area contributed by atoms with Crippen LogP contribution < -0.4 is 4.90 Å². The van der Waals surface area contributed by atoms with E-state index in [0.717, 1.165) is 11.9 Å². The van der Waals surface area contributed by atoms with Crippen molar-refractivity contribution < 1.29 is 9.90 Å². The van der Waals surface area contributed by atoms with E-state index in [0.29, 0.717) is 18.5 Å². The average Bonchev–Trinajstić information content (AvgIpc) is 2.61. The zero-order valence-electron chi connectivity index (χ0n) is 7.68. The van der Waals surface area contributed by atoms with Gasteiger partial charge >= 0.3 is 0 Å². The summed E-state index contributed by atoms with van der Waals surface area (Å²) in [6, 6.07) is 9.47. The zero-order chi connectivity index (χ0) is 9.97. The number of hydrogen-bond donors (Lipinski definition) is 1. The molecule has 2 rings (SSSR count). The van der Waals surface area contributed by atoms with Crippen molar-refractivity contribution in [2.75, 3.05) is 11.4 Å². The fourth-order valence-corrected chi connectivity index (χ4v) is 1.59. The van der Waals surface area contributed by atoms with E-state index < -0.39 is 0 Å². The second-order valence-corrected chi connectivity index (χ2v) is 3.20. The minimum atomic E-state index is -0.0984. The van der Waals surface area contributed by atoms with Crippen molar-refractivity contribution in [3.05, 3.63) is 42.2 Å². The number of amides is 1. The van der Waals surface area contributed by atoms with Crippen LogP contribution in [0, 0.1) is 0 Å². The fourth-order valence-electron chi connectivity index (χ4n) is 1.59. The Labute approximate surface area is 82.3 Å². The lowest BCUT2D eigenvalue weighted by atomic mass is 10.2. The van der Waals surface area contributed by atoms with Crippen LogP contribution in [0.4, 0.5) is 5.69 Å². The van der Waals surface area contributed by atoms with Gasteiger partial charge in [-0.3, -0.25) is 4.79 Å². The van der Waals surface area contributed by atoms with Crippen molar-refractivity contribution in [3.63, 3.8) is 0 Å². The topological polar surface area (TPSA) is 40.5 Å². The van der Waals surface area contributed by atoms with Gasteiger partial charge in [0, 0.05) is 12.2 Å². The van der Waals surface area contributed by atoms with Gasteiger partial charge in [0.25, 0.3) is 5.91 Å². The van der Waals surface area contributed by atoms with Crippen molar-refractivity contribution in [2.45, 2.75) is 6.42 Å². The predicted octanol–water partition coefficient (Wildman–Crippen LogP) is 1.87. The van der Waals surface area contributed by atoms with Crippen LogP contribution in [-0.4, -0.2) is 17.6 Å². The molecule has 0 unspecified atom stereocenters. The van der Waals surface area contributed by atoms with Crippen LogP contribution in [0.1, 0.15) is 6.42 Å². The average molecular weight is 189 g/mol. The number of carbonyl (C=O) groups is 1. The van der Waals surface area contributed by atoms with E-state index in [1.54, 1.807) is 4.90 Å². The van der Waals surface area contributed by atoms with Gasteiger partial charge in [0.05, 0.1) is 11.8 Å². The molecular formula is C11H11NO2. The molecule has 1 aliphatic heterocycles. The molecule has 0 spiro atoms. The second-order valence-electron chi connectivity index (χ2n) is 3.20. The lowest BCUT2D eigenvalue weighted by Gasteiger charge is -2.14. The molecule has 3 nitrogen and oxygen atoms in total. The van der Waals surface area contributed by atoms with Gasteiger partial charge in [-0.1, -0.05) is 18.2 Å². The third kappa shape index (κ3) is 1.37. The summed E-state index contributed by atoms with van der Waals surface area (Å²) in [6.45, 7) is 0.648. The molecule has 1 N–H and O–H groups in total. The number of aliphatic hydroxyl groups excluding tert-OH is 1. The first kappa shape index (κ1) is 8.81. The predicted molar refractivity (Wildman–Crippen MR) is 54.1 cm³/mol. The van der Waals surface area contributed by atoms with Gasteiger partial charge in [0.2, 0.25) is 0 Å². The molecule has 0 radical (unpaired) electrons. The Morgan fingerprint density at radius 2 is 2.00 bits per heavy atom. The van der Waals surface area contributed by atoms with Crippen molar-refractivity contribution in [3.8, 4) is 0 Å². The summed E-state index contributed by atoms with van der Waals surface area (Å²) in [5, 5.41) is 8.79. The lowest BCUT2D eigenvalue weighted by molar-refractivity contribution is -0.114. The number of benzene rings is 1. The van der Waals surface area contributed by atoms with Gasteiger partial charge in [-0.25, -0.2) is 0 Å². The Morgan fingerprint density at radius 1 is 1.29 bits per heavy atom. The maximum atomic E-state index is 11.6. The summed E-state index contributed by atoms with van der Waals surface area (Å²) in [5.41, 5.74) is 1.36. The number of hydrogen-bond acceptors (Lipinski definition) is 2. The standard InChI is InChI=1S/C11H11NO2/c13-8-9-6-7-12(11(9)14)10-4-2-1-3-5-10/h1-5,8,13H,6-7H2/b9-8-. The van der Waals surface area contributed by atoms with Crippen molar-refractivity contribution >= 4 is 11.6 Å². The van der Waals surface area contributed by atoms with Gasteiger partial charge in [-0.2, -0.15) is 0 Å². The molecule has 72 valence electrons. The number of rotatable bonds is 1. The molecule has 1 saturated heterocycles. The molecule has 0 atom stereocenters. The quantitative estimate of drug-likeness (QED) is 0.541. The Kier molecular flexibility index (Phi) is 2.23. The molecule has 1 heterocycles. The van der Waals surface area contributed by atoms with Crippen LogP contribution in [0.5, 0.6) is 0 Å². The van der Waals surface area contributed by atoms with Gasteiger partial charge in [-0.15, -0.1) is 0 Å². The van der Waals surface area contributed by atoms with Gasteiger partial charge in [-0.05, 0) is 18.6 Å². The van der Waals surface area contributed by atoms with E-state index in [1.165, 1.54) is 0 Å². The van der Waals surface area contributed by atoms with Gasteiger partial charge in [0.1, 0.15) is 0 Å². The minimum Gasteiger partial charge on any atom is -0.515 e. The van der Waals surface area contributed by atoms with E-state index in [4.69, 9.17) is 5.11 Å². The number of nitrogens with zero attached hydrogens (tertiary/aromatic N) is 1. The molecule has 1 aromatic carbocycles. The Bertz CT molecular complexity index is 370. The summed E-state index contributed by atoms with van der Waals surface area (Å²) < 4.78 is 0. The monoisotopic (exact) mass is 189 g/mol. The number of anilines is 1. The molecule has 0 saturated carbocycles. The number of para-hydroxylation sites is 1. The van der Waals surface area contributed by atoms with E-state index in [1.807, 2.05) is 30.3 Å². The van der Waals surface area contributed by atoms with Crippen molar-refractivity contribution in [1.29, 1.82) is 0 Å². The molecule has 1 aromatic rings. The molecule has 1 fully saturated rings. The summed E-state index contributed by atoms with van der Waals surface area (Å²) in [7, 11) is 0. The Balaban J connectivity index is 2.27. The largest absolute Gasteiger partial charge is 0.515 e. The van der Waals surface area contributed by atoms with Gasteiger partial charge < -0.3 is 10.0 Å². The lowest BCUT2D eigenvalue weighted by Crippen LogP contribution is -2.24.